The highest BCUT2D eigenvalue weighted by molar-refractivity contribution is 4.78. The predicted molar refractivity (Wildman–Crippen MR) is 55.9 cm³/mol. The second-order valence-electron chi connectivity index (χ2n) is 3.16. The number of nitrogens with one attached hydrogen (secondary N) is 1. The molecule has 0 aliphatic carbocycles. The first-order valence-corrected chi connectivity index (χ1v) is 4.80. The molecular formula is C10H17N3O. The Labute approximate surface area is 84.2 Å². The number of aliphatic hydroxyl groups is 1. The second-order valence-corrected chi connectivity index (χ2v) is 3.16. The number of hydrogen-bond acceptors (Lipinski definition) is 3. The number of aromatic nitrogens is 2. The van der Waals surface area contributed by atoms with Crippen LogP contribution in [0.2, 0.25) is 0 Å². The Morgan fingerprint density at radius 1 is 1.64 bits per heavy atom. The van der Waals surface area contributed by atoms with Crippen molar-refractivity contribution in [2.45, 2.75) is 19.1 Å². The van der Waals surface area contributed by atoms with Gasteiger partial charge in [-0.3, -0.25) is 4.68 Å². The van der Waals surface area contributed by atoms with Crippen LogP contribution in [0.3, 0.4) is 0 Å². The van der Waals surface area contributed by atoms with Crippen molar-refractivity contribution in [2.75, 3.05) is 13.1 Å². The average molecular weight is 195 g/mol. The van der Waals surface area contributed by atoms with Gasteiger partial charge in [-0.05, 0) is 19.0 Å². The highest BCUT2D eigenvalue weighted by Crippen LogP contribution is 1.89. The lowest BCUT2D eigenvalue weighted by Gasteiger charge is -2.11. The van der Waals surface area contributed by atoms with Crippen molar-refractivity contribution in [3.05, 3.63) is 31.1 Å². The van der Waals surface area contributed by atoms with Gasteiger partial charge in [0.25, 0.3) is 0 Å². The van der Waals surface area contributed by atoms with E-state index in [9.17, 15) is 5.11 Å². The fraction of sp³-hybridized carbons (Fsp3) is 0.500. The van der Waals surface area contributed by atoms with Crippen molar-refractivity contribution in [3.63, 3.8) is 0 Å². The van der Waals surface area contributed by atoms with E-state index in [4.69, 9.17) is 0 Å². The van der Waals surface area contributed by atoms with Gasteiger partial charge in [-0.15, -0.1) is 6.58 Å². The molecule has 0 fully saturated rings. The third kappa shape index (κ3) is 4.20. The highest BCUT2D eigenvalue weighted by atomic mass is 16.3. The van der Waals surface area contributed by atoms with Crippen LogP contribution in [0.25, 0.3) is 0 Å². The molecule has 1 aromatic heterocycles. The molecule has 0 saturated carbocycles. The monoisotopic (exact) mass is 195 g/mol. The minimum atomic E-state index is -0.389. The normalized spacial score (nSPS) is 12.6. The summed E-state index contributed by atoms with van der Waals surface area (Å²) in [6, 6.07) is 1.85. The molecule has 1 unspecified atom stereocenters. The molecule has 2 N–H and O–H groups in total. The van der Waals surface area contributed by atoms with E-state index in [0.29, 0.717) is 13.1 Å². The van der Waals surface area contributed by atoms with Crippen molar-refractivity contribution in [1.82, 2.24) is 15.1 Å². The van der Waals surface area contributed by atoms with Crippen LogP contribution >= 0.6 is 0 Å². The molecule has 14 heavy (non-hydrogen) atoms. The van der Waals surface area contributed by atoms with Gasteiger partial charge >= 0.3 is 0 Å². The van der Waals surface area contributed by atoms with Gasteiger partial charge in [0.1, 0.15) is 0 Å². The van der Waals surface area contributed by atoms with E-state index in [1.54, 1.807) is 10.9 Å². The van der Waals surface area contributed by atoms with E-state index >= 15 is 0 Å². The van der Waals surface area contributed by atoms with E-state index in [1.165, 1.54) is 0 Å². The SMILES string of the molecule is C=CCCNCC(O)Cn1cccn1. The molecule has 78 valence electrons. The molecule has 0 aliphatic heterocycles. The summed E-state index contributed by atoms with van der Waals surface area (Å²) in [5, 5.41) is 16.7. The molecule has 0 amide bonds. The summed E-state index contributed by atoms with van der Waals surface area (Å²) in [7, 11) is 0. The standard InChI is InChI=1S/C10H17N3O/c1-2-3-5-11-8-10(14)9-13-7-4-6-12-13/h2,4,6-7,10-11,14H,1,3,5,8-9H2. The van der Waals surface area contributed by atoms with Crippen molar-refractivity contribution < 1.29 is 5.11 Å². The van der Waals surface area contributed by atoms with Crippen LogP contribution in [-0.4, -0.2) is 34.1 Å². The highest BCUT2D eigenvalue weighted by Gasteiger charge is 2.03. The topological polar surface area (TPSA) is 50.1 Å². The molecule has 4 heteroatoms. The van der Waals surface area contributed by atoms with Crippen LogP contribution in [0.15, 0.2) is 31.1 Å². The number of aliphatic hydroxyl groups excluding tert-OH is 1. The zero-order valence-corrected chi connectivity index (χ0v) is 8.26. The second kappa shape index (κ2) is 6.34. The summed E-state index contributed by atoms with van der Waals surface area (Å²) in [6.45, 7) is 5.61. The first kappa shape index (κ1) is 10.9. The van der Waals surface area contributed by atoms with Crippen LogP contribution in [-0.2, 0) is 6.54 Å². The molecule has 0 aromatic carbocycles. The van der Waals surface area contributed by atoms with Gasteiger partial charge in [-0.2, -0.15) is 5.10 Å². The van der Waals surface area contributed by atoms with Crippen molar-refractivity contribution in [2.24, 2.45) is 0 Å². The smallest absolute Gasteiger partial charge is 0.0860 e. The summed E-state index contributed by atoms with van der Waals surface area (Å²) in [4.78, 5) is 0. The summed E-state index contributed by atoms with van der Waals surface area (Å²) >= 11 is 0. The molecule has 0 bridgehead atoms. The molecule has 1 rings (SSSR count). The van der Waals surface area contributed by atoms with Gasteiger partial charge in [0.2, 0.25) is 0 Å². The quantitative estimate of drug-likeness (QED) is 0.489. The minimum absolute atomic E-state index is 0.389. The van der Waals surface area contributed by atoms with E-state index < -0.39 is 0 Å². The van der Waals surface area contributed by atoms with E-state index in [1.807, 2.05) is 18.3 Å². The van der Waals surface area contributed by atoms with Crippen LogP contribution < -0.4 is 5.32 Å². The van der Waals surface area contributed by atoms with Gasteiger partial charge in [-0.1, -0.05) is 6.08 Å². The van der Waals surface area contributed by atoms with Crippen molar-refractivity contribution in [1.29, 1.82) is 0 Å². The lowest BCUT2D eigenvalue weighted by molar-refractivity contribution is 0.147. The predicted octanol–water partition coefficient (Wildman–Crippen LogP) is 0.410. The Morgan fingerprint density at radius 2 is 2.50 bits per heavy atom. The first-order valence-electron chi connectivity index (χ1n) is 4.80. The summed E-state index contributed by atoms with van der Waals surface area (Å²) in [5.74, 6) is 0. The molecule has 0 radical (unpaired) electrons. The Bertz CT molecular complexity index is 246. The number of rotatable bonds is 7. The van der Waals surface area contributed by atoms with E-state index in [2.05, 4.69) is 17.0 Å². The molecule has 4 nitrogen and oxygen atoms in total. The van der Waals surface area contributed by atoms with Gasteiger partial charge < -0.3 is 10.4 Å². The van der Waals surface area contributed by atoms with Crippen molar-refractivity contribution >= 4 is 0 Å². The fourth-order valence-corrected chi connectivity index (χ4v) is 1.16. The van der Waals surface area contributed by atoms with Crippen molar-refractivity contribution in [3.8, 4) is 0 Å². The molecular weight excluding hydrogens is 178 g/mol. The third-order valence-corrected chi connectivity index (χ3v) is 1.86. The Kier molecular flexibility index (Phi) is 4.96. The van der Waals surface area contributed by atoms with E-state index in [-0.39, 0.29) is 6.10 Å². The Hall–Kier alpha value is -1.13. The molecule has 0 aliphatic rings. The molecule has 1 heterocycles. The zero-order valence-electron chi connectivity index (χ0n) is 8.26. The molecule has 0 spiro atoms. The Morgan fingerprint density at radius 3 is 3.14 bits per heavy atom. The van der Waals surface area contributed by atoms with Gasteiger partial charge in [0.15, 0.2) is 0 Å². The van der Waals surface area contributed by atoms with Crippen LogP contribution in [0.4, 0.5) is 0 Å². The largest absolute Gasteiger partial charge is 0.390 e. The maximum Gasteiger partial charge on any atom is 0.0860 e. The summed E-state index contributed by atoms with van der Waals surface area (Å²) in [6.07, 6.45) is 5.94. The Balaban J connectivity index is 2.10. The third-order valence-electron chi connectivity index (χ3n) is 1.86. The zero-order chi connectivity index (χ0) is 10.2. The molecule has 0 saturated heterocycles. The van der Waals surface area contributed by atoms with Crippen LogP contribution in [0.1, 0.15) is 6.42 Å². The maximum absolute atomic E-state index is 9.57. The lowest BCUT2D eigenvalue weighted by atomic mass is 10.3. The summed E-state index contributed by atoms with van der Waals surface area (Å²) in [5.41, 5.74) is 0. The van der Waals surface area contributed by atoms with Crippen LogP contribution in [0.5, 0.6) is 0 Å². The average Bonchev–Trinajstić information content (AvgIpc) is 2.65. The number of nitrogens with zero attached hydrogens (tertiary/aromatic N) is 2. The van der Waals surface area contributed by atoms with Gasteiger partial charge in [0.05, 0.1) is 12.6 Å². The fourth-order valence-electron chi connectivity index (χ4n) is 1.16. The van der Waals surface area contributed by atoms with E-state index in [0.717, 1.165) is 13.0 Å². The maximum atomic E-state index is 9.57. The molecule has 1 aromatic rings. The molecule has 1 atom stereocenters. The summed E-state index contributed by atoms with van der Waals surface area (Å²) < 4.78 is 1.72. The first-order chi connectivity index (χ1) is 6.83. The van der Waals surface area contributed by atoms with Gasteiger partial charge in [0, 0.05) is 18.9 Å². The van der Waals surface area contributed by atoms with Crippen LogP contribution in [0, 0.1) is 0 Å². The lowest BCUT2D eigenvalue weighted by Crippen LogP contribution is -2.30. The number of hydrogen-bond donors (Lipinski definition) is 2. The minimum Gasteiger partial charge on any atom is -0.390 e. The van der Waals surface area contributed by atoms with Gasteiger partial charge in [-0.25, -0.2) is 0 Å².